The number of amides is 2. The molecule has 0 radical (unpaired) electrons. The predicted molar refractivity (Wildman–Crippen MR) is 120 cm³/mol. The summed E-state index contributed by atoms with van der Waals surface area (Å²) in [6.07, 6.45) is 5.14. The molecule has 1 aliphatic carbocycles. The first kappa shape index (κ1) is 20.6. The number of nitrogens with one attached hydrogen (secondary N) is 1. The van der Waals surface area contributed by atoms with Gasteiger partial charge in [-0.2, -0.15) is 0 Å². The molecule has 0 unspecified atom stereocenters. The van der Waals surface area contributed by atoms with Crippen molar-refractivity contribution in [3.8, 4) is 11.1 Å². The number of likely N-dealkylation sites (tertiary alicyclic amines) is 1. The number of nitrogens with zero attached hydrogens (tertiary/aromatic N) is 1. The third-order valence-corrected chi connectivity index (χ3v) is 6.61. The highest BCUT2D eigenvalue weighted by molar-refractivity contribution is 5.85. The molecular formula is C26H32N2O2. The van der Waals surface area contributed by atoms with Crippen molar-refractivity contribution in [2.24, 2.45) is 11.3 Å². The van der Waals surface area contributed by atoms with Crippen LogP contribution in [0.2, 0.25) is 0 Å². The monoisotopic (exact) mass is 404 g/mol. The molecule has 2 aromatic carbocycles. The Morgan fingerprint density at radius 2 is 1.67 bits per heavy atom. The molecule has 2 aliphatic rings. The third-order valence-electron chi connectivity index (χ3n) is 6.61. The molecule has 1 saturated heterocycles. The van der Waals surface area contributed by atoms with Crippen LogP contribution in [0.4, 0.5) is 0 Å². The van der Waals surface area contributed by atoms with Crippen LogP contribution >= 0.6 is 0 Å². The number of benzene rings is 2. The number of carbonyl (C=O) groups excluding carboxylic acids is 2. The largest absolute Gasteiger partial charge is 0.356 e. The van der Waals surface area contributed by atoms with Gasteiger partial charge in [-0.3, -0.25) is 9.59 Å². The van der Waals surface area contributed by atoms with Gasteiger partial charge in [0.2, 0.25) is 11.8 Å². The summed E-state index contributed by atoms with van der Waals surface area (Å²) < 4.78 is 0. The van der Waals surface area contributed by atoms with E-state index in [2.05, 4.69) is 60.8 Å². The molecule has 4 nitrogen and oxygen atoms in total. The lowest BCUT2D eigenvalue weighted by molar-refractivity contribution is -0.141. The molecule has 1 N–H and O–H groups in total. The van der Waals surface area contributed by atoms with Crippen LogP contribution in [0.25, 0.3) is 11.1 Å². The van der Waals surface area contributed by atoms with Gasteiger partial charge < -0.3 is 10.2 Å². The summed E-state index contributed by atoms with van der Waals surface area (Å²) >= 11 is 0. The fraction of sp³-hybridized carbons (Fsp3) is 0.462. The second kappa shape index (κ2) is 9.03. The highest BCUT2D eigenvalue weighted by Crippen LogP contribution is 2.40. The van der Waals surface area contributed by atoms with Crippen LogP contribution in [0.15, 0.2) is 54.6 Å². The van der Waals surface area contributed by atoms with Gasteiger partial charge in [-0.15, -0.1) is 0 Å². The Bertz CT molecular complexity index is 881. The van der Waals surface area contributed by atoms with Gasteiger partial charge in [0.1, 0.15) is 0 Å². The Hall–Kier alpha value is -2.62. The molecule has 158 valence electrons. The molecule has 1 heterocycles. The molecule has 2 aromatic rings. The first-order chi connectivity index (χ1) is 14.6. The highest BCUT2D eigenvalue weighted by Gasteiger charge is 2.44. The minimum absolute atomic E-state index is 0.144. The van der Waals surface area contributed by atoms with E-state index >= 15 is 0 Å². The van der Waals surface area contributed by atoms with Crippen molar-refractivity contribution >= 4 is 11.8 Å². The van der Waals surface area contributed by atoms with E-state index in [0.717, 1.165) is 32.1 Å². The Morgan fingerprint density at radius 1 is 1.00 bits per heavy atom. The molecule has 2 fully saturated rings. The van der Waals surface area contributed by atoms with Crippen LogP contribution < -0.4 is 5.32 Å². The minimum Gasteiger partial charge on any atom is -0.356 e. The van der Waals surface area contributed by atoms with Crippen molar-refractivity contribution in [2.75, 3.05) is 19.6 Å². The van der Waals surface area contributed by atoms with Crippen molar-refractivity contribution in [1.29, 1.82) is 0 Å². The van der Waals surface area contributed by atoms with Crippen molar-refractivity contribution in [3.63, 3.8) is 0 Å². The van der Waals surface area contributed by atoms with E-state index in [0.29, 0.717) is 32.0 Å². The van der Waals surface area contributed by atoms with Crippen LogP contribution in [0.5, 0.6) is 0 Å². The summed E-state index contributed by atoms with van der Waals surface area (Å²) in [7, 11) is 0. The number of piperidine rings is 1. The van der Waals surface area contributed by atoms with Gasteiger partial charge >= 0.3 is 0 Å². The average Bonchev–Trinajstić information content (AvgIpc) is 3.64. The smallest absolute Gasteiger partial charge is 0.226 e. The number of hydrogen-bond acceptors (Lipinski definition) is 2. The van der Waals surface area contributed by atoms with Crippen molar-refractivity contribution in [3.05, 3.63) is 60.2 Å². The molecule has 0 spiro atoms. The van der Waals surface area contributed by atoms with Crippen LogP contribution in [0.3, 0.4) is 0 Å². The summed E-state index contributed by atoms with van der Waals surface area (Å²) in [6, 6.07) is 18.8. The van der Waals surface area contributed by atoms with E-state index < -0.39 is 5.41 Å². The summed E-state index contributed by atoms with van der Waals surface area (Å²) in [5.41, 5.74) is 3.12. The zero-order chi connectivity index (χ0) is 21.0. The van der Waals surface area contributed by atoms with Gasteiger partial charge in [0.25, 0.3) is 0 Å². The lowest BCUT2D eigenvalue weighted by Gasteiger charge is -2.41. The summed E-state index contributed by atoms with van der Waals surface area (Å²) in [4.78, 5) is 27.9. The van der Waals surface area contributed by atoms with Crippen LogP contribution in [0.1, 0.15) is 44.6 Å². The molecule has 0 aromatic heterocycles. The van der Waals surface area contributed by atoms with E-state index in [1.165, 1.54) is 16.7 Å². The van der Waals surface area contributed by atoms with Gasteiger partial charge in [0, 0.05) is 25.6 Å². The predicted octanol–water partition coefficient (Wildman–Crippen LogP) is 4.44. The topological polar surface area (TPSA) is 49.4 Å². The van der Waals surface area contributed by atoms with Gasteiger partial charge in [0.15, 0.2) is 0 Å². The highest BCUT2D eigenvalue weighted by atomic mass is 16.2. The van der Waals surface area contributed by atoms with Crippen LogP contribution in [-0.2, 0) is 16.0 Å². The van der Waals surface area contributed by atoms with Crippen LogP contribution in [0, 0.1) is 11.3 Å². The molecule has 0 atom stereocenters. The Morgan fingerprint density at radius 3 is 2.33 bits per heavy atom. The molecule has 4 rings (SSSR count). The Balaban J connectivity index is 1.59. The first-order valence-electron chi connectivity index (χ1n) is 11.3. The molecular weight excluding hydrogens is 372 g/mol. The molecule has 1 saturated carbocycles. The van der Waals surface area contributed by atoms with Crippen LogP contribution in [-0.4, -0.2) is 36.3 Å². The van der Waals surface area contributed by atoms with Gasteiger partial charge in [0.05, 0.1) is 5.41 Å². The summed E-state index contributed by atoms with van der Waals surface area (Å²) in [5, 5.41) is 3.16. The van der Waals surface area contributed by atoms with Crippen molar-refractivity contribution in [1.82, 2.24) is 10.2 Å². The van der Waals surface area contributed by atoms with E-state index in [1.54, 1.807) is 0 Å². The molecule has 4 heteroatoms. The second-order valence-corrected chi connectivity index (χ2v) is 8.84. The second-order valence-electron chi connectivity index (χ2n) is 8.84. The van der Waals surface area contributed by atoms with Gasteiger partial charge in [-0.25, -0.2) is 0 Å². The fourth-order valence-corrected chi connectivity index (χ4v) is 4.59. The molecule has 1 aliphatic heterocycles. The number of rotatable bonds is 7. The number of carbonyl (C=O) groups is 2. The molecule has 0 bridgehead atoms. The third kappa shape index (κ3) is 4.43. The standard InChI is InChI=1S/C26H32N2O2/c1-2-16-27-25(30)26(14-17-28(18-15-26)24(29)21-12-13-21)19-22-10-6-7-11-23(22)20-8-4-3-5-9-20/h3-11,21H,2,12-19H2,1H3,(H,27,30). The maximum absolute atomic E-state index is 13.3. The zero-order valence-electron chi connectivity index (χ0n) is 17.9. The fourth-order valence-electron chi connectivity index (χ4n) is 4.59. The summed E-state index contributed by atoms with van der Waals surface area (Å²) in [5.74, 6) is 0.679. The molecule has 2 amide bonds. The summed E-state index contributed by atoms with van der Waals surface area (Å²) in [6.45, 7) is 4.14. The van der Waals surface area contributed by atoms with E-state index in [9.17, 15) is 9.59 Å². The van der Waals surface area contributed by atoms with Crippen molar-refractivity contribution in [2.45, 2.75) is 45.4 Å². The lowest BCUT2D eigenvalue weighted by atomic mass is 9.72. The average molecular weight is 405 g/mol. The maximum Gasteiger partial charge on any atom is 0.226 e. The SMILES string of the molecule is CCCNC(=O)C1(Cc2ccccc2-c2ccccc2)CCN(C(=O)C2CC2)CC1. The van der Waals surface area contributed by atoms with Gasteiger partial charge in [-0.05, 0) is 55.2 Å². The van der Waals surface area contributed by atoms with E-state index in [4.69, 9.17) is 0 Å². The zero-order valence-corrected chi connectivity index (χ0v) is 17.9. The number of hydrogen-bond donors (Lipinski definition) is 1. The normalized spacial score (nSPS) is 18.1. The maximum atomic E-state index is 13.3. The minimum atomic E-state index is -0.458. The van der Waals surface area contributed by atoms with Gasteiger partial charge in [-0.1, -0.05) is 61.5 Å². The quantitative estimate of drug-likeness (QED) is 0.742. The lowest BCUT2D eigenvalue weighted by Crippen LogP contribution is -2.51. The van der Waals surface area contributed by atoms with E-state index in [-0.39, 0.29) is 11.8 Å². The van der Waals surface area contributed by atoms with Crippen molar-refractivity contribution < 1.29 is 9.59 Å². The Kier molecular flexibility index (Phi) is 6.21. The molecule has 30 heavy (non-hydrogen) atoms. The first-order valence-corrected chi connectivity index (χ1v) is 11.3. The Labute approximate surface area is 179 Å². The van der Waals surface area contributed by atoms with E-state index in [1.807, 2.05) is 11.0 Å².